The number of hydrogen-bond donors (Lipinski definition) is 1. The van der Waals surface area contributed by atoms with Crippen LogP contribution in [0, 0.1) is 0 Å². The van der Waals surface area contributed by atoms with Crippen LogP contribution in [0.15, 0.2) is 17.5 Å². The second-order valence-electron chi connectivity index (χ2n) is 3.19. The summed E-state index contributed by atoms with van der Waals surface area (Å²) in [4.78, 5) is 7.23. The summed E-state index contributed by atoms with van der Waals surface area (Å²) in [7, 11) is 0. The molecule has 0 amide bonds. The number of thiazole rings is 1. The molecule has 80 valence electrons. The first-order valence-corrected chi connectivity index (χ1v) is 6.81. The highest BCUT2D eigenvalue weighted by Crippen LogP contribution is 2.30. The van der Waals surface area contributed by atoms with Crippen LogP contribution in [0.25, 0.3) is 10.6 Å². The van der Waals surface area contributed by atoms with Gasteiger partial charge in [0.05, 0.1) is 10.6 Å². The standard InChI is InChI=1S/C11H14N2S2/c1-3-8-5-6-10(15-8)9-7-14-11(13-9)12-4-2/h5-7H,3-4H2,1-2H3,(H,12,13). The molecule has 0 saturated heterocycles. The van der Waals surface area contributed by atoms with E-state index >= 15 is 0 Å². The maximum Gasteiger partial charge on any atom is 0.183 e. The lowest BCUT2D eigenvalue weighted by molar-refractivity contribution is 1.19. The van der Waals surface area contributed by atoms with Crippen LogP contribution in [-0.2, 0) is 6.42 Å². The second-order valence-corrected chi connectivity index (χ2v) is 5.21. The van der Waals surface area contributed by atoms with E-state index in [4.69, 9.17) is 0 Å². The fraction of sp³-hybridized carbons (Fsp3) is 0.364. The Labute approximate surface area is 98.0 Å². The van der Waals surface area contributed by atoms with Gasteiger partial charge in [-0.15, -0.1) is 22.7 Å². The summed E-state index contributed by atoms with van der Waals surface area (Å²) in [5.41, 5.74) is 1.10. The van der Waals surface area contributed by atoms with Gasteiger partial charge in [0.25, 0.3) is 0 Å². The van der Waals surface area contributed by atoms with E-state index in [0.29, 0.717) is 0 Å². The first-order chi connectivity index (χ1) is 7.33. The molecule has 15 heavy (non-hydrogen) atoms. The van der Waals surface area contributed by atoms with Crippen molar-refractivity contribution in [2.24, 2.45) is 0 Å². The van der Waals surface area contributed by atoms with Crippen LogP contribution in [0.1, 0.15) is 18.7 Å². The smallest absolute Gasteiger partial charge is 0.183 e. The van der Waals surface area contributed by atoms with Crippen molar-refractivity contribution in [1.82, 2.24) is 4.98 Å². The van der Waals surface area contributed by atoms with E-state index in [1.165, 1.54) is 9.75 Å². The highest BCUT2D eigenvalue weighted by atomic mass is 32.1. The van der Waals surface area contributed by atoms with E-state index in [1.54, 1.807) is 11.3 Å². The topological polar surface area (TPSA) is 24.9 Å². The zero-order valence-electron chi connectivity index (χ0n) is 8.91. The molecule has 2 aromatic heterocycles. The first-order valence-electron chi connectivity index (χ1n) is 5.12. The van der Waals surface area contributed by atoms with Gasteiger partial charge in [-0.1, -0.05) is 6.92 Å². The number of anilines is 1. The molecular formula is C11H14N2S2. The van der Waals surface area contributed by atoms with Gasteiger partial charge in [0.2, 0.25) is 0 Å². The molecule has 2 nitrogen and oxygen atoms in total. The molecule has 0 aromatic carbocycles. The van der Waals surface area contributed by atoms with E-state index in [0.717, 1.165) is 23.8 Å². The van der Waals surface area contributed by atoms with Crippen molar-refractivity contribution < 1.29 is 0 Å². The third-order valence-corrected chi connectivity index (χ3v) is 4.15. The lowest BCUT2D eigenvalue weighted by Crippen LogP contribution is -1.94. The molecule has 0 aliphatic rings. The van der Waals surface area contributed by atoms with Crippen molar-refractivity contribution in [1.29, 1.82) is 0 Å². The van der Waals surface area contributed by atoms with Crippen molar-refractivity contribution in [3.05, 3.63) is 22.4 Å². The minimum Gasteiger partial charge on any atom is -0.362 e. The summed E-state index contributed by atoms with van der Waals surface area (Å²) in [5, 5.41) is 6.36. The molecule has 2 heterocycles. The number of rotatable bonds is 4. The third kappa shape index (κ3) is 2.38. The second kappa shape index (κ2) is 4.77. The molecule has 0 radical (unpaired) electrons. The number of hydrogen-bond acceptors (Lipinski definition) is 4. The van der Waals surface area contributed by atoms with E-state index < -0.39 is 0 Å². The van der Waals surface area contributed by atoms with Crippen molar-refractivity contribution in [2.75, 3.05) is 11.9 Å². The molecule has 0 aliphatic heterocycles. The summed E-state index contributed by atoms with van der Waals surface area (Å²) in [6.07, 6.45) is 1.11. The molecule has 0 unspecified atom stereocenters. The van der Waals surface area contributed by atoms with Crippen molar-refractivity contribution in [3.63, 3.8) is 0 Å². The minimum atomic E-state index is 0.928. The van der Waals surface area contributed by atoms with E-state index in [-0.39, 0.29) is 0 Å². The number of nitrogens with one attached hydrogen (secondary N) is 1. The Morgan fingerprint density at radius 1 is 1.33 bits per heavy atom. The Kier molecular flexibility index (Phi) is 3.38. The summed E-state index contributed by atoms with van der Waals surface area (Å²) in [5.74, 6) is 0. The first kappa shape index (κ1) is 10.6. The van der Waals surface area contributed by atoms with Crippen molar-refractivity contribution in [2.45, 2.75) is 20.3 Å². The molecule has 0 atom stereocenters. The van der Waals surface area contributed by atoms with E-state index in [9.17, 15) is 0 Å². The molecule has 4 heteroatoms. The maximum atomic E-state index is 4.54. The highest BCUT2D eigenvalue weighted by Gasteiger charge is 2.06. The summed E-state index contributed by atoms with van der Waals surface area (Å²) in [6.45, 7) is 5.19. The predicted molar refractivity (Wildman–Crippen MR) is 69.0 cm³/mol. The van der Waals surface area contributed by atoms with Gasteiger partial charge in [-0.05, 0) is 25.5 Å². The molecule has 2 aromatic rings. The number of aryl methyl sites for hydroxylation is 1. The Morgan fingerprint density at radius 2 is 2.20 bits per heavy atom. The van der Waals surface area contributed by atoms with Crippen molar-refractivity contribution in [3.8, 4) is 10.6 Å². The Hall–Kier alpha value is -0.870. The third-order valence-electron chi connectivity index (χ3n) is 2.09. The lowest BCUT2D eigenvalue weighted by Gasteiger charge is -1.93. The monoisotopic (exact) mass is 238 g/mol. The number of thiophene rings is 1. The molecular weight excluding hydrogens is 224 g/mol. The summed E-state index contributed by atoms with van der Waals surface area (Å²) >= 11 is 3.50. The quantitative estimate of drug-likeness (QED) is 0.874. The van der Waals surface area contributed by atoms with Crippen LogP contribution >= 0.6 is 22.7 Å². The lowest BCUT2D eigenvalue weighted by atomic mass is 10.3. The van der Waals surface area contributed by atoms with Crippen LogP contribution in [-0.4, -0.2) is 11.5 Å². The van der Waals surface area contributed by atoms with Gasteiger partial charge >= 0.3 is 0 Å². The molecule has 1 N–H and O–H groups in total. The highest BCUT2D eigenvalue weighted by molar-refractivity contribution is 7.17. The number of aromatic nitrogens is 1. The van der Waals surface area contributed by atoms with Gasteiger partial charge in [0, 0.05) is 16.8 Å². The van der Waals surface area contributed by atoms with Gasteiger partial charge < -0.3 is 5.32 Å². The summed E-state index contributed by atoms with van der Waals surface area (Å²) < 4.78 is 0. The minimum absolute atomic E-state index is 0.928. The molecule has 0 aliphatic carbocycles. The normalized spacial score (nSPS) is 10.5. The van der Waals surface area contributed by atoms with Gasteiger partial charge in [-0.3, -0.25) is 0 Å². The Balaban J connectivity index is 2.21. The SMILES string of the molecule is CCNc1nc(-c2ccc(CC)s2)cs1. The van der Waals surface area contributed by atoms with Crippen LogP contribution in [0.4, 0.5) is 5.13 Å². The van der Waals surface area contributed by atoms with Gasteiger partial charge in [0.15, 0.2) is 5.13 Å². The van der Waals surface area contributed by atoms with E-state index in [1.807, 2.05) is 11.3 Å². The molecule has 0 spiro atoms. The van der Waals surface area contributed by atoms with Crippen LogP contribution in [0.5, 0.6) is 0 Å². The largest absolute Gasteiger partial charge is 0.362 e. The molecule has 0 bridgehead atoms. The zero-order chi connectivity index (χ0) is 10.7. The number of nitrogens with zero attached hydrogens (tertiary/aromatic N) is 1. The predicted octanol–water partition coefficient (Wildman–Crippen LogP) is 3.87. The average Bonchev–Trinajstić information content (AvgIpc) is 2.85. The Bertz CT molecular complexity index is 431. The van der Waals surface area contributed by atoms with Crippen LogP contribution in [0.3, 0.4) is 0 Å². The van der Waals surface area contributed by atoms with Gasteiger partial charge in [-0.2, -0.15) is 0 Å². The summed E-state index contributed by atoms with van der Waals surface area (Å²) in [6, 6.07) is 4.35. The Morgan fingerprint density at radius 3 is 2.87 bits per heavy atom. The fourth-order valence-electron chi connectivity index (χ4n) is 1.32. The van der Waals surface area contributed by atoms with Crippen LogP contribution in [0.2, 0.25) is 0 Å². The zero-order valence-corrected chi connectivity index (χ0v) is 10.5. The molecule has 0 fully saturated rings. The maximum absolute atomic E-state index is 4.54. The van der Waals surface area contributed by atoms with E-state index in [2.05, 4.69) is 41.7 Å². The van der Waals surface area contributed by atoms with Crippen molar-refractivity contribution >= 4 is 27.8 Å². The molecule has 0 saturated carbocycles. The van der Waals surface area contributed by atoms with Gasteiger partial charge in [0.1, 0.15) is 0 Å². The molecule has 2 rings (SSSR count). The fourth-order valence-corrected chi connectivity index (χ4v) is 3.09. The van der Waals surface area contributed by atoms with Crippen LogP contribution < -0.4 is 5.32 Å². The average molecular weight is 238 g/mol. The van der Waals surface area contributed by atoms with Gasteiger partial charge in [-0.25, -0.2) is 4.98 Å².